The lowest BCUT2D eigenvalue weighted by molar-refractivity contribution is -0.124. The zero-order chi connectivity index (χ0) is 22.8. The van der Waals surface area contributed by atoms with Gasteiger partial charge in [0.1, 0.15) is 5.00 Å². The number of thiophene rings is 1. The number of benzene rings is 1. The zero-order valence-electron chi connectivity index (χ0n) is 18.0. The first-order chi connectivity index (χ1) is 15.3. The van der Waals surface area contributed by atoms with Crippen LogP contribution in [0.15, 0.2) is 24.3 Å². The highest BCUT2D eigenvalue weighted by Gasteiger charge is 2.36. The maximum Gasteiger partial charge on any atom is 0.338 e. The molecule has 0 unspecified atom stereocenters. The molecule has 4 rings (SSSR count). The van der Waals surface area contributed by atoms with E-state index in [9.17, 15) is 23.5 Å². The smallest absolute Gasteiger partial charge is 0.338 e. The number of nitrogens with zero attached hydrogens (tertiary/aromatic N) is 1. The highest BCUT2D eigenvalue weighted by molar-refractivity contribution is 7.20. The number of halogens is 2. The summed E-state index contributed by atoms with van der Waals surface area (Å²) >= 11 is 1.14. The number of rotatable bonds is 5. The molecule has 1 aliphatic heterocycles. The normalized spacial score (nSPS) is 22.0. The fourth-order valence-electron chi connectivity index (χ4n) is 4.60. The van der Waals surface area contributed by atoms with E-state index >= 15 is 0 Å². The van der Waals surface area contributed by atoms with Gasteiger partial charge in [0.05, 0.1) is 5.56 Å². The molecule has 8 heteroatoms. The number of carboxylic acid groups (broad SMARTS) is 1. The summed E-state index contributed by atoms with van der Waals surface area (Å²) < 4.78 is 32.7. The van der Waals surface area contributed by atoms with E-state index in [2.05, 4.69) is 6.92 Å². The van der Waals surface area contributed by atoms with Crippen molar-refractivity contribution in [2.24, 2.45) is 11.8 Å². The van der Waals surface area contributed by atoms with Crippen molar-refractivity contribution in [2.75, 3.05) is 18.1 Å². The van der Waals surface area contributed by atoms with Crippen molar-refractivity contribution in [3.63, 3.8) is 0 Å². The zero-order valence-corrected chi connectivity index (χ0v) is 18.8. The monoisotopic (exact) mass is 463 g/mol. The minimum absolute atomic E-state index is 0.0127. The Bertz CT molecular complexity index is 994. The van der Waals surface area contributed by atoms with Crippen LogP contribution in [0.5, 0.6) is 0 Å². The second-order valence-electron chi connectivity index (χ2n) is 8.77. The number of aromatic carboxylic acids is 1. The molecule has 2 fully saturated rings. The first kappa shape index (κ1) is 22.9. The molecule has 1 saturated carbocycles. The maximum absolute atomic E-state index is 13.8. The lowest BCUT2D eigenvalue weighted by atomic mass is 9.82. The van der Waals surface area contributed by atoms with Gasteiger partial charge in [0.2, 0.25) is 5.91 Å². The van der Waals surface area contributed by atoms with Crippen LogP contribution in [0.3, 0.4) is 0 Å². The molecule has 1 N–H and O–H groups in total. The Morgan fingerprint density at radius 1 is 1.03 bits per heavy atom. The highest BCUT2D eigenvalue weighted by atomic mass is 32.1. The number of anilines is 1. The van der Waals surface area contributed by atoms with Gasteiger partial charge in [0.15, 0.2) is 11.6 Å². The van der Waals surface area contributed by atoms with Crippen LogP contribution < -0.4 is 4.90 Å². The minimum atomic E-state index is -1.15. The molecule has 0 radical (unpaired) electrons. The number of carbonyl (C=O) groups excluding carboxylic acids is 1. The molecule has 1 aromatic carbocycles. The first-order valence-corrected chi connectivity index (χ1v) is 11.9. The van der Waals surface area contributed by atoms with E-state index in [0.717, 1.165) is 49.2 Å². The molecule has 172 valence electrons. The Labute approximate surface area is 190 Å². The molecule has 5 nitrogen and oxygen atoms in total. The van der Waals surface area contributed by atoms with Crippen molar-refractivity contribution in [1.29, 1.82) is 0 Å². The van der Waals surface area contributed by atoms with Crippen molar-refractivity contribution in [3.8, 4) is 10.4 Å². The summed E-state index contributed by atoms with van der Waals surface area (Å²) in [6, 6.07) is 4.81. The van der Waals surface area contributed by atoms with Gasteiger partial charge in [0.25, 0.3) is 0 Å². The van der Waals surface area contributed by atoms with Gasteiger partial charge in [-0.1, -0.05) is 13.0 Å². The third-order valence-corrected chi connectivity index (χ3v) is 7.71. The van der Waals surface area contributed by atoms with Crippen molar-refractivity contribution >= 4 is 28.2 Å². The van der Waals surface area contributed by atoms with Gasteiger partial charge in [-0.05, 0) is 68.2 Å². The van der Waals surface area contributed by atoms with Crippen LogP contribution in [0, 0.1) is 23.5 Å². The van der Waals surface area contributed by atoms with Crippen molar-refractivity contribution in [3.05, 3.63) is 41.5 Å². The van der Waals surface area contributed by atoms with Crippen molar-refractivity contribution in [2.45, 2.75) is 51.5 Å². The van der Waals surface area contributed by atoms with E-state index in [1.54, 1.807) is 4.90 Å². The summed E-state index contributed by atoms with van der Waals surface area (Å²) in [5, 5.41) is 10.3. The largest absolute Gasteiger partial charge is 0.478 e. The van der Waals surface area contributed by atoms with Gasteiger partial charge in [-0.15, -0.1) is 11.3 Å². The molecule has 1 amide bonds. The molecule has 0 spiro atoms. The molecule has 2 aliphatic rings. The molecule has 32 heavy (non-hydrogen) atoms. The van der Waals surface area contributed by atoms with Crippen LogP contribution in [0.2, 0.25) is 0 Å². The Morgan fingerprint density at radius 3 is 2.34 bits per heavy atom. The number of hydrogen-bond acceptors (Lipinski definition) is 4. The first-order valence-electron chi connectivity index (χ1n) is 11.1. The molecular weight excluding hydrogens is 436 g/mol. The third kappa shape index (κ3) is 4.71. The minimum Gasteiger partial charge on any atom is -0.478 e. The van der Waals surface area contributed by atoms with Gasteiger partial charge < -0.3 is 9.84 Å². The molecular formula is C24H27F2NO4S. The third-order valence-electron chi connectivity index (χ3n) is 6.52. The van der Waals surface area contributed by atoms with E-state index in [-0.39, 0.29) is 23.4 Å². The van der Waals surface area contributed by atoms with Crippen LogP contribution in [0.1, 0.15) is 55.8 Å². The van der Waals surface area contributed by atoms with Gasteiger partial charge in [0, 0.05) is 30.1 Å². The summed E-state index contributed by atoms with van der Waals surface area (Å²) in [6.45, 7) is 3.22. The SMILES string of the molecule is CC1CCC(C(=O)N(c2sc(-c3ccc(F)c(F)c3)cc2C(=O)O)C2CCOCC2)CC1. The predicted octanol–water partition coefficient (Wildman–Crippen LogP) is 5.73. The highest BCUT2D eigenvalue weighted by Crippen LogP contribution is 2.42. The molecule has 1 aliphatic carbocycles. The second-order valence-corrected chi connectivity index (χ2v) is 9.80. The fourth-order valence-corrected chi connectivity index (χ4v) is 5.82. The Hall–Kier alpha value is -2.32. The van der Waals surface area contributed by atoms with Crippen LogP contribution in [0.4, 0.5) is 13.8 Å². The summed E-state index contributed by atoms with van der Waals surface area (Å²) in [7, 11) is 0. The predicted molar refractivity (Wildman–Crippen MR) is 119 cm³/mol. The molecule has 0 atom stereocenters. The molecule has 0 bridgehead atoms. The average Bonchev–Trinajstić information content (AvgIpc) is 3.22. The summed E-state index contributed by atoms with van der Waals surface area (Å²) in [4.78, 5) is 28.0. The number of hydrogen-bond donors (Lipinski definition) is 1. The summed E-state index contributed by atoms with van der Waals surface area (Å²) in [6.07, 6.45) is 4.81. The Morgan fingerprint density at radius 2 is 1.72 bits per heavy atom. The Kier molecular flexibility index (Phi) is 6.90. The van der Waals surface area contributed by atoms with Gasteiger partial charge in [-0.2, -0.15) is 0 Å². The lowest BCUT2D eigenvalue weighted by Gasteiger charge is -2.37. The molecule has 2 heterocycles. The number of carbonyl (C=O) groups is 2. The van der Waals surface area contributed by atoms with Crippen LogP contribution in [-0.2, 0) is 9.53 Å². The fraction of sp³-hybridized carbons (Fsp3) is 0.500. The van der Waals surface area contributed by atoms with E-state index < -0.39 is 17.6 Å². The van der Waals surface area contributed by atoms with Gasteiger partial charge >= 0.3 is 5.97 Å². The standard InChI is InChI=1S/C24H27F2NO4S/c1-14-2-4-15(5-3-14)22(28)27(17-8-10-31-11-9-17)23-18(24(29)30)13-21(32-23)16-6-7-19(25)20(26)12-16/h6-7,12-15,17H,2-5,8-11H2,1H3,(H,29,30). The van der Waals surface area contributed by atoms with Gasteiger partial charge in [-0.25, -0.2) is 13.6 Å². The van der Waals surface area contributed by atoms with Crippen molar-refractivity contribution in [1.82, 2.24) is 0 Å². The second kappa shape index (κ2) is 9.67. The van der Waals surface area contributed by atoms with Gasteiger partial charge in [-0.3, -0.25) is 9.69 Å². The maximum atomic E-state index is 13.8. The summed E-state index contributed by atoms with van der Waals surface area (Å²) in [5.74, 6) is -2.69. The quantitative estimate of drug-likeness (QED) is 0.615. The molecule has 2 aromatic rings. The number of carboxylic acids is 1. The lowest BCUT2D eigenvalue weighted by Crippen LogP contribution is -2.47. The summed E-state index contributed by atoms with van der Waals surface area (Å²) in [5.41, 5.74) is 0.396. The van der Waals surface area contributed by atoms with E-state index in [1.807, 2.05) is 0 Å². The van der Waals surface area contributed by atoms with E-state index in [1.165, 1.54) is 12.1 Å². The number of ether oxygens (including phenoxy) is 1. The topological polar surface area (TPSA) is 66.8 Å². The molecule has 1 saturated heterocycles. The van der Waals surface area contributed by atoms with Crippen LogP contribution in [-0.4, -0.2) is 36.2 Å². The number of amides is 1. The average molecular weight is 464 g/mol. The van der Waals surface area contributed by atoms with E-state index in [0.29, 0.717) is 47.4 Å². The van der Waals surface area contributed by atoms with Crippen molar-refractivity contribution < 1.29 is 28.2 Å². The van der Waals surface area contributed by atoms with E-state index in [4.69, 9.17) is 4.74 Å². The Balaban J connectivity index is 1.75. The molecule has 1 aromatic heterocycles. The van der Waals surface area contributed by atoms with Crippen LogP contribution >= 0.6 is 11.3 Å². The van der Waals surface area contributed by atoms with Crippen LogP contribution in [0.25, 0.3) is 10.4 Å².